The lowest BCUT2D eigenvalue weighted by molar-refractivity contribution is -0.141. The number of nitrogens with two attached hydrogens (primary N) is 1. The van der Waals surface area contributed by atoms with E-state index < -0.39 is 41.9 Å². The van der Waals surface area contributed by atoms with Crippen molar-refractivity contribution >= 4 is 22.7 Å². The van der Waals surface area contributed by atoms with Gasteiger partial charge >= 0.3 is 6.18 Å². The van der Waals surface area contributed by atoms with Gasteiger partial charge in [-0.3, -0.25) is 9.59 Å². The fraction of sp³-hybridized carbons (Fsp3) is 0.391. The van der Waals surface area contributed by atoms with Crippen LogP contribution in [0.15, 0.2) is 28.7 Å². The minimum atomic E-state index is -4.67. The molecule has 0 saturated carbocycles. The second-order valence-corrected chi connectivity index (χ2v) is 8.40. The summed E-state index contributed by atoms with van der Waals surface area (Å²) in [5.41, 5.74) is 4.96. The number of rotatable bonds is 5. The van der Waals surface area contributed by atoms with Crippen LogP contribution in [-0.4, -0.2) is 64.6 Å². The molecule has 0 bridgehead atoms. The van der Waals surface area contributed by atoms with Crippen LogP contribution in [-0.2, 0) is 11.0 Å². The molecule has 1 aromatic carbocycles. The topological polar surface area (TPSA) is 144 Å². The van der Waals surface area contributed by atoms with Crippen LogP contribution in [0, 0.1) is 0 Å². The Kier molecular flexibility index (Phi) is 6.62. The first-order chi connectivity index (χ1) is 17.0. The van der Waals surface area contributed by atoms with Crippen LogP contribution in [0.4, 0.5) is 13.2 Å². The number of methoxy groups -OCH3 is 1. The molecule has 1 aliphatic heterocycles. The number of pyridine rings is 1. The third-order valence-electron chi connectivity index (χ3n) is 5.92. The Morgan fingerprint density at radius 1 is 1.28 bits per heavy atom. The molecule has 3 atom stereocenters. The molecule has 4 N–H and O–H groups in total. The quantitative estimate of drug-likeness (QED) is 0.477. The highest BCUT2D eigenvalue weighted by Crippen LogP contribution is 2.37. The Balaban J connectivity index is 1.83. The fourth-order valence-electron chi connectivity index (χ4n) is 4.20. The molecule has 2 aromatic heterocycles. The molecule has 10 nitrogen and oxygen atoms in total. The number of carbonyl (C=O) groups excluding carboxylic acids is 2. The predicted octanol–water partition coefficient (Wildman–Crippen LogP) is 2.26. The van der Waals surface area contributed by atoms with E-state index in [9.17, 15) is 27.9 Å². The minimum absolute atomic E-state index is 0.0240. The Labute approximate surface area is 203 Å². The summed E-state index contributed by atoms with van der Waals surface area (Å²) < 4.78 is 50.8. The number of hydrogen-bond acceptors (Lipinski definition) is 8. The first kappa shape index (κ1) is 25.4. The van der Waals surface area contributed by atoms with Crippen molar-refractivity contribution in [3.63, 3.8) is 0 Å². The Morgan fingerprint density at radius 2 is 2.00 bits per heavy atom. The summed E-state index contributed by atoms with van der Waals surface area (Å²) in [5.74, 6) is -1.06. The van der Waals surface area contributed by atoms with Crippen molar-refractivity contribution in [3.05, 3.63) is 41.4 Å². The number of likely N-dealkylation sites (tertiary alicyclic amines) is 1. The van der Waals surface area contributed by atoms with Crippen LogP contribution in [0.1, 0.15) is 41.3 Å². The molecule has 13 heteroatoms. The molecule has 4 rings (SSSR count). The number of aromatic nitrogens is 2. The predicted molar refractivity (Wildman–Crippen MR) is 121 cm³/mol. The van der Waals surface area contributed by atoms with Gasteiger partial charge in [-0.15, -0.1) is 0 Å². The first-order valence-electron chi connectivity index (χ1n) is 11.0. The maximum Gasteiger partial charge on any atom is 0.433 e. The average Bonchev–Trinajstić information content (AvgIpc) is 3.46. The van der Waals surface area contributed by atoms with E-state index in [1.165, 1.54) is 37.3 Å². The zero-order valence-corrected chi connectivity index (χ0v) is 19.6. The van der Waals surface area contributed by atoms with Gasteiger partial charge < -0.3 is 30.2 Å². The van der Waals surface area contributed by atoms with Gasteiger partial charge in [-0.05, 0) is 31.2 Å². The molecule has 3 aromatic rings. The summed E-state index contributed by atoms with van der Waals surface area (Å²) in [6, 6.07) is 3.29. The number of aliphatic hydroxyl groups is 1. The van der Waals surface area contributed by atoms with Crippen molar-refractivity contribution in [1.82, 2.24) is 20.2 Å². The van der Waals surface area contributed by atoms with E-state index in [0.717, 1.165) is 6.07 Å². The molecule has 192 valence electrons. The Bertz CT molecular complexity index is 1320. The maximum atomic E-state index is 13.4. The van der Waals surface area contributed by atoms with Gasteiger partial charge in [0.05, 0.1) is 19.3 Å². The average molecular weight is 507 g/mol. The standard InChI is InChI=1S/C23H24F3N5O5/c1-10(27)19-18(22(34)31-9-11(32)8-14(31)20(33)28-2)30-21(36-19)13-4-6-15(35-3)17-12(13)5-7-16(29-17)23(24,25)26/h4-7,10-11,14,32H,8-9,27H2,1-3H3,(H,28,33)/t10?,11-,14+/m1/s1. The van der Waals surface area contributed by atoms with Crippen molar-refractivity contribution < 1.29 is 37.0 Å². The second kappa shape index (κ2) is 9.39. The summed E-state index contributed by atoms with van der Waals surface area (Å²) in [4.78, 5) is 34.9. The van der Waals surface area contributed by atoms with Gasteiger partial charge in [0, 0.05) is 31.0 Å². The van der Waals surface area contributed by atoms with Gasteiger partial charge in [0.2, 0.25) is 11.8 Å². The zero-order chi connectivity index (χ0) is 26.4. The summed E-state index contributed by atoms with van der Waals surface area (Å²) in [7, 11) is 2.73. The molecule has 1 fully saturated rings. The highest BCUT2D eigenvalue weighted by Gasteiger charge is 2.41. The Hall–Kier alpha value is -3.71. The Morgan fingerprint density at radius 3 is 2.61 bits per heavy atom. The van der Waals surface area contributed by atoms with Gasteiger partial charge in [-0.1, -0.05) is 0 Å². The van der Waals surface area contributed by atoms with Gasteiger partial charge in [0.15, 0.2) is 11.5 Å². The van der Waals surface area contributed by atoms with Crippen LogP contribution in [0.25, 0.3) is 22.4 Å². The van der Waals surface area contributed by atoms with Gasteiger partial charge in [0.25, 0.3) is 5.91 Å². The second-order valence-electron chi connectivity index (χ2n) is 8.40. The molecule has 2 amide bonds. The van der Waals surface area contributed by atoms with E-state index >= 15 is 0 Å². The lowest BCUT2D eigenvalue weighted by Crippen LogP contribution is -2.45. The number of ether oxygens (including phenoxy) is 1. The number of β-amino-alcohol motifs (C(OH)–C–C–N with tert-alkyl or cyclic N) is 1. The number of fused-ring (bicyclic) bond motifs is 1. The van der Waals surface area contributed by atoms with Crippen LogP contribution < -0.4 is 15.8 Å². The molecule has 36 heavy (non-hydrogen) atoms. The summed E-state index contributed by atoms with van der Waals surface area (Å²) in [6.45, 7) is 1.48. The number of carbonyl (C=O) groups is 2. The molecule has 3 heterocycles. The summed E-state index contributed by atoms with van der Waals surface area (Å²) >= 11 is 0. The van der Waals surface area contributed by atoms with E-state index in [4.69, 9.17) is 14.9 Å². The van der Waals surface area contributed by atoms with E-state index in [0.29, 0.717) is 0 Å². The number of hydrogen-bond donors (Lipinski definition) is 3. The number of nitrogens with one attached hydrogen (secondary N) is 1. The first-order valence-corrected chi connectivity index (χ1v) is 11.0. The van der Waals surface area contributed by atoms with E-state index in [1.807, 2.05) is 0 Å². The fourth-order valence-corrected chi connectivity index (χ4v) is 4.20. The lowest BCUT2D eigenvalue weighted by Gasteiger charge is -2.22. The largest absolute Gasteiger partial charge is 0.494 e. The van der Waals surface area contributed by atoms with Crippen LogP contribution >= 0.6 is 0 Å². The number of benzene rings is 1. The smallest absolute Gasteiger partial charge is 0.433 e. The van der Waals surface area contributed by atoms with Gasteiger partial charge in [0.1, 0.15) is 23.0 Å². The molecular formula is C23H24F3N5O5. The maximum absolute atomic E-state index is 13.4. The number of halogens is 3. The number of likely N-dealkylation sites (N-methyl/N-ethyl adjacent to an activating group) is 1. The van der Waals surface area contributed by atoms with Crippen molar-refractivity contribution in [2.45, 2.75) is 37.7 Å². The van der Waals surface area contributed by atoms with E-state index in [-0.39, 0.29) is 52.5 Å². The highest BCUT2D eigenvalue weighted by molar-refractivity contribution is 5.99. The van der Waals surface area contributed by atoms with Crippen LogP contribution in [0.3, 0.4) is 0 Å². The third-order valence-corrected chi connectivity index (χ3v) is 5.92. The van der Waals surface area contributed by atoms with Crippen molar-refractivity contribution in [3.8, 4) is 17.2 Å². The molecular weight excluding hydrogens is 483 g/mol. The summed E-state index contributed by atoms with van der Waals surface area (Å²) in [5, 5.41) is 12.8. The highest BCUT2D eigenvalue weighted by atomic mass is 19.4. The third kappa shape index (κ3) is 4.46. The van der Waals surface area contributed by atoms with E-state index in [2.05, 4.69) is 15.3 Å². The minimum Gasteiger partial charge on any atom is -0.494 e. The number of oxazole rings is 1. The molecule has 1 saturated heterocycles. The van der Waals surface area contributed by atoms with Crippen LogP contribution in [0.2, 0.25) is 0 Å². The number of alkyl halides is 3. The molecule has 1 aliphatic rings. The molecule has 1 unspecified atom stereocenters. The number of amides is 2. The summed E-state index contributed by atoms with van der Waals surface area (Å²) in [6.07, 6.45) is -5.51. The van der Waals surface area contributed by atoms with Crippen molar-refractivity contribution in [2.75, 3.05) is 20.7 Å². The molecule has 0 aliphatic carbocycles. The van der Waals surface area contributed by atoms with E-state index in [1.54, 1.807) is 6.92 Å². The molecule has 0 spiro atoms. The van der Waals surface area contributed by atoms with Crippen molar-refractivity contribution in [2.24, 2.45) is 5.73 Å². The lowest BCUT2D eigenvalue weighted by atomic mass is 10.1. The molecule has 0 radical (unpaired) electrons. The number of nitrogens with zero attached hydrogens (tertiary/aromatic N) is 3. The van der Waals surface area contributed by atoms with Crippen molar-refractivity contribution in [1.29, 1.82) is 0 Å². The SMILES string of the molecule is CNC(=O)[C@@H]1C[C@@H](O)CN1C(=O)c1nc(-c2ccc(OC)c3nc(C(F)(F)F)ccc23)oc1C(C)N. The normalized spacial score (nSPS) is 18.9. The van der Waals surface area contributed by atoms with Gasteiger partial charge in [-0.2, -0.15) is 13.2 Å². The van der Waals surface area contributed by atoms with Crippen LogP contribution in [0.5, 0.6) is 5.75 Å². The zero-order valence-electron chi connectivity index (χ0n) is 19.6. The van der Waals surface area contributed by atoms with Gasteiger partial charge in [-0.25, -0.2) is 9.97 Å². The monoisotopic (exact) mass is 507 g/mol. The number of aliphatic hydroxyl groups excluding tert-OH is 1.